The van der Waals surface area contributed by atoms with Crippen LogP contribution in [0, 0.1) is 24.2 Å². The van der Waals surface area contributed by atoms with Crippen molar-refractivity contribution in [2.75, 3.05) is 19.6 Å². The second kappa shape index (κ2) is 6.99. The monoisotopic (exact) mass is 277 g/mol. The summed E-state index contributed by atoms with van der Waals surface area (Å²) in [6.45, 7) is 7.17. The fraction of sp³-hybridized carbons (Fsp3) is 0.812. The normalized spacial score (nSPS) is 22.3. The molecule has 0 bridgehead atoms. The van der Waals surface area contributed by atoms with E-state index >= 15 is 0 Å². The maximum absolute atomic E-state index is 11.8. The van der Waals surface area contributed by atoms with Gasteiger partial charge in [0, 0.05) is 12.6 Å². The van der Waals surface area contributed by atoms with Crippen LogP contribution in [-0.2, 0) is 0 Å². The van der Waals surface area contributed by atoms with Crippen LogP contribution in [0.3, 0.4) is 0 Å². The largest absolute Gasteiger partial charge is 0.338 e. The van der Waals surface area contributed by atoms with E-state index in [-0.39, 0.29) is 18.0 Å². The van der Waals surface area contributed by atoms with Crippen molar-refractivity contribution in [3.05, 3.63) is 0 Å². The highest BCUT2D eigenvalue weighted by Crippen LogP contribution is 2.30. The summed E-state index contributed by atoms with van der Waals surface area (Å²) >= 11 is 0. The summed E-state index contributed by atoms with van der Waals surface area (Å²) in [5, 5.41) is 5.81. The predicted molar refractivity (Wildman–Crippen MR) is 81.3 cm³/mol. The van der Waals surface area contributed by atoms with Crippen molar-refractivity contribution in [1.82, 2.24) is 15.5 Å². The Bertz CT molecular complexity index is 362. The topological polar surface area (TPSA) is 44.4 Å². The first-order valence-corrected chi connectivity index (χ1v) is 7.84. The van der Waals surface area contributed by atoms with E-state index in [4.69, 9.17) is 6.42 Å². The van der Waals surface area contributed by atoms with E-state index in [9.17, 15) is 4.79 Å². The lowest BCUT2D eigenvalue weighted by atomic mass is 9.97. The first-order valence-electron chi connectivity index (χ1n) is 7.84. The van der Waals surface area contributed by atoms with Crippen LogP contribution in [0.4, 0.5) is 4.79 Å². The van der Waals surface area contributed by atoms with E-state index < -0.39 is 0 Å². The predicted octanol–water partition coefficient (Wildman–Crippen LogP) is 1.82. The smallest absolute Gasteiger partial charge is 0.315 e. The Labute approximate surface area is 122 Å². The van der Waals surface area contributed by atoms with Crippen LogP contribution in [0.5, 0.6) is 0 Å². The molecule has 1 aliphatic heterocycles. The van der Waals surface area contributed by atoms with Crippen LogP contribution in [0.1, 0.15) is 39.5 Å². The van der Waals surface area contributed by atoms with E-state index in [1.165, 1.54) is 38.8 Å². The molecule has 112 valence electrons. The molecule has 4 heteroatoms. The van der Waals surface area contributed by atoms with Crippen LogP contribution >= 0.6 is 0 Å². The molecule has 1 atom stereocenters. The zero-order valence-electron chi connectivity index (χ0n) is 12.7. The molecule has 0 unspecified atom stereocenters. The first-order chi connectivity index (χ1) is 9.60. The molecule has 1 heterocycles. The third-order valence-electron chi connectivity index (χ3n) is 4.40. The van der Waals surface area contributed by atoms with Gasteiger partial charge in [-0.15, -0.1) is 6.42 Å². The first kappa shape index (κ1) is 15.2. The van der Waals surface area contributed by atoms with Crippen molar-refractivity contribution in [2.24, 2.45) is 11.8 Å². The molecule has 2 N–H and O–H groups in total. The molecule has 2 fully saturated rings. The van der Waals surface area contributed by atoms with Crippen LogP contribution in [-0.4, -0.2) is 42.6 Å². The van der Waals surface area contributed by atoms with Crippen molar-refractivity contribution in [3.8, 4) is 12.3 Å². The van der Waals surface area contributed by atoms with Gasteiger partial charge in [0.1, 0.15) is 0 Å². The molecule has 4 nitrogen and oxygen atoms in total. The lowest BCUT2D eigenvalue weighted by molar-refractivity contribution is 0.173. The van der Waals surface area contributed by atoms with Gasteiger partial charge in [0.05, 0.1) is 6.04 Å². The number of nitrogens with zero attached hydrogens (tertiary/aromatic N) is 1. The number of hydrogen-bond acceptors (Lipinski definition) is 2. The Kier molecular flexibility index (Phi) is 5.31. The molecule has 0 spiro atoms. The zero-order valence-corrected chi connectivity index (χ0v) is 12.7. The number of terminal acetylenes is 1. The van der Waals surface area contributed by atoms with Crippen molar-refractivity contribution in [2.45, 2.75) is 51.6 Å². The lowest BCUT2D eigenvalue weighted by Crippen LogP contribution is -2.46. The summed E-state index contributed by atoms with van der Waals surface area (Å²) < 4.78 is 0. The second-order valence-electron chi connectivity index (χ2n) is 6.45. The fourth-order valence-corrected chi connectivity index (χ4v) is 2.79. The fourth-order valence-electron chi connectivity index (χ4n) is 2.79. The van der Waals surface area contributed by atoms with Crippen molar-refractivity contribution < 1.29 is 4.79 Å². The van der Waals surface area contributed by atoms with Crippen LogP contribution < -0.4 is 10.6 Å². The molecule has 1 saturated heterocycles. The van der Waals surface area contributed by atoms with E-state index in [0.29, 0.717) is 5.92 Å². The Balaban J connectivity index is 1.62. The minimum atomic E-state index is -0.188. The molecule has 0 aromatic rings. The van der Waals surface area contributed by atoms with E-state index in [1.807, 2.05) is 13.8 Å². The van der Waals surface area contributed by atoms with Gasteiger partial charge in [-0.3, -0.25) is 0 Å². The number of amides is 2. The zero-order chi connectivity index (χ0) is 14.5. The van der Waals surface area contributed by atoms with E-state index in [2.05, 4.69) is 21.5 Å². The third kappa shape index (κ3) is 4.42. The molecule has 1 saturated carbocycles. The van der Waals surface area contributed by atoms with Gasteiger partial charge < -0.3 is 15.5 Å². The Morgan fingerprint density at radius 1 is 1.30 bits per heavy atom. The van der Waals surface area contributed by atoms with Crippen LogP contribution in [0.2, 0.25) is 0 Å². The maximum atomic E-state index is 11.8. The highest BCUT2D eigenvalue weighted by molar-refractivity contribution is 5.74. The van der Waals surface area contributed by atoms with Crippen molar-refractivity contribution in [1.29, 1.82) is 0 Å². The molecule has 1 aliphatic carbocycles. The highest BCUT2D eigenvalue weighted by Gasteiger charge is 2.31. The van der Waals surface area contributed by atoms with Gasteiger partial charge in [-0.1, -0.05) is 19.8 Å². The molecule has 20 heavy (non-hydrogen) atoms. The highest BCUT2D eigenvalue weighted by atomic mass is 16.2. The number of hydrogen-bond donors (Lipinski definition) is 2. The SMILES string of the molecule is C#C[C@H](NC(=O)NCC1CCN(C2CC2)CC1)C(C)C. The molecule has 0 aromatic heterocycles. The van der Waals surface area contributed by atoms with Gasteiger partial charge in [-0.25, -0.2) is 4.79 Å². The van der Waals surface area contributed by atoms with Crippen molar-refractivity contribution in [3.63, 3.8) is 0 Å². The number of urea groups is 1. The van der Waals surface area contributed by atoms with Crippen LogP contribution in [0.15, 0.2) is 0 Å². The number of piperidine rings is 1. The van der Waals surface area contributed by atoms with Crippen LogP contribution in [0.25, 0.3) is 0 Å². The molecule has 0 aromatic carbocycles. The summed E-state index contributed by atoms with van der Waals surface area (Å²) in [5.74, 6) is 3.48. The van der Waals surface area contributed by atoms with Gasteiger partial charge in [0.15, 0.2) is 0 Å². The van der Waals surface area contributed by atoms with Gasteiger partial charge in [0.2, 0.25) is 0 Å². The Morgan fingerprint density at radius 3 is 2.45 bits per heavy atom. The average molecular weight is 277 g/mol. The number of rotatable bonds is 5. The van der Waals surface area contributed by atoms with Gasteiger partial charge >= 0.3 is 6.03 Å². The quantitative estimate of drug-likeness (QED) is 0.753. The summed E-state index contributed by atoms with van der Waals surface area (Å²) in [6.07, 6.45) is 10.6. The molecule has 2 aliphatic rings. The Morgan fingerprint density at radius 2 is 1.95 bits per heavy atom. The lowest BCUT2D eigenvalue weighted by Gasteiger charge is -2.32. The van der Waals surface area contributed by atoms with Crippen molar-refractivity contribution >= 4 is 6.03 Å². The Hall–Kier alpha value is -1.21. The summed E-state index contributed by atoms with van der Waals surface area (Å²) in [7, 11) is 0. The average Bonchev–Trinajstić information content (AvgIpc) is 3.27. The summed E-state index contributed by atoms with van der Waals surface area (Å²) in [5.41, 5.74) is 0. The molecule has 2 rings (SSSR count). The minimum absolute atomic E-state index is 0.133. The minimum Gasteiger partial charge on any atom is -0.338 e. The number of likely N-dealkylation sites (tertiary alicyclic amines) is 1. The van der Waals surface area contributed by atoms with E-state index in [0.717, 1.165) is 12.6 Å². The number of nitrogens with one attached hydrogen (secondary N) is 2. The number of carbonyl (C=O) groups excluding carboxylic acids is 1. The van der Waals surface area contributed by atoms with Gasteiger partial charge in [-0.2, -0.15) is 0 Å². The maximum Gasteiger partial charge on any atom is 0.315 e. The van der Waals surface area contributed by atoms with E-state index in [1.54, 1.807) is 0 Å². The summed E-state index contributed by atoms with van der Waals surface area (Å²) in [6, 6.07) is 0.549. The molecular formula is C16H27N3O. The summed E-state index contributed by atoms with van der Waals surface area (Å²) in [4.78, 5) is 14.4. The standard InChI is InChI=1S/C16H27N3O/c1-4-15(12(2)3)18-16(20)17-11-13-7-9-19(10-8-13)14-5-6-14/h1,12-15H,5-11H2,2-3H3,(H2,17,18,20)/t15-/m0/s1. The molecule has 2 amide bonds. The third-order valence-corrected chi connectivity index (χ3v) is 4.40. The van der Waals surface area contributed by atoms with Gasteiger partial charge in [0.25, 0.3) is 0 Å². The molecular weight excluding hydrogens is 250 g/mol. The second-order valence-corrected chi connectivity index (χ2v) is 6.45. The van der Waals surface area contributed by atoms with Gasteiger partial charge in [-0.05, 0) is 50.6 Å². The molecule has 0 radical (unpaired) electrons. The number of carbonyl (C=O) groups is 1.